The molecule has 2 heteroatoms. The molecule has 1 rings (SSSR count). The van der Waals surface area contributed by atoms with E-state index in [1.54, 1.807) is 0 Å². The zero-order chi connectivity index (χ0) is 9.03. The van der Waals surface area contributed by atoms with Crippen LogP contribution in [0.25, 0.3) is 0 Å². The molecule has 1 N–H and O–H groups in total. The predicted molar refractivity (Wildman–Crippen MR) is 57.9 cm³/mol. The molecule has 0 saturated heterocycles. The smallest absolute Gasteiger partial charge is 0.0225 e. The standard InChI is InChI=1S/C10H21NS/c1-10(2,12-3)8-11-9-6-4-5-7-9/h9,11H,4-8H2,1-3H3. The minimum Gasteiger partial charge on any atom is -0.313 e. The molecule has 0 unspecified atom stereocenters. The highest BCUT2D eigenvalue weighted by molar-refractivity contribution is 7.99. The fraction of sp³-hybridized carbons (Fsp3) is 1.00. The van der Waals surface area contributed by atoms with Crippen LogP contribution >= 0.6 is 11.8 Å². The van der Waals surface area contributed by atoms with E-state index in [2.05, 4.69) is 25.4 Å². The molecule has 1 aliphatic carbocycles. The van der Waals surface area contributed by atoms with Crippen molar-refractivity contribution in [3.05, 3.63) is 0 Å². The van der Waals surface area contributed by atoms with Crippen LogP contribution in [-0.2, 0) is 0 Å². The summed E-state index contributed by atoms with van der Waals surface area (Å²) in [5.41, 5.74) is 0. The third-order valence-corrected chi connectivity index (χ3v) is 3.97. The van der Waals surface area contributed by atoms with E-state index in [4.69, 9.17) is 0 Å². The third kappa shape index (κ3) is 3.36. The van der Waals surface area contributed by atoms with Gasteiger partial charge < -0.3 is 5.32 Å². The van der Waals surface area contributed by atoms with Crippen molar-refractivity contribution in [2.24, 2.45) is 0 Å². The minimum absolute atomic E-state index is 0.405. The summed E-state index contributed by atoms with van der Waals surface area (Å²) < 4.78 is 0.405. The van der Waals surface area contributed by atoms with Crippen molar-refractivity contribution in [1.29, 1.82) is 0 Å². The summed E-state index contributed by atoms with van der Waals surface area (Å²) in [6.45, 7) is 5.76. The van der Waals surface area contributed by atoms with Gasteiger partial charge >= 0.3 is 0 Å². The Bertz CT molecular complexity index is 128. The Morgan fingerprint density at radius 1 is 1.33 bits per heavy atom. The second-order valence-corrected chi connectivity index (χ2v) is 5.84. The van der Waals surface area contributed by atoms with Gasteiger partial charge in [-0.1, -0.05) is 12.8 Å². The van der Waals surface area contributed by atoms with E-state index in [1.165, 1.54) is 25.7 Å². The molecule has 0 radical (unpaired) electrons. The molecule has 0 aromatic heterocycles. The molecule has 1 aliphatic rings. The molecule has 0 amide bonds. The lowest BCUT2D eigenvalue weighted by Crippen LogP contribution is -2.37. The largest absolute Gasteiger partial charge is 0.313 e. The first-order valence-corrected chi connectivity index (χ1v) is 6.15. The number of hydrogen-bond donors (Lipinski definition) is 1. The zero-order valence-electron chi connectivity index (χ0n) is 8.52. The van der Waals surface area contributed by atoms with Gasteiger partial charge in [0.05, 0.1) is 0 Å². The van der Waals surface area contributed by atoms with Crippen molar-refractivity contribution in [2.75, 3.05) is 12.8 Å². The monoisotopic (exact) mass is 187 g/mol. The summed E-state index contributed by atoms with van der Waals surface area (Å²) in [7, 11) is 0. The van der Waals surface area contributed by atoms with Crippen molar-refractivity contribution in [1.82, 2.24) is 5.32 Å². The summed E-state index contributed by atoms with van der Waals surface area (Å²) in [6, 6.07) is 0.816. The highest BCUT2D eigenvalue weighted by Crippen LogP contribution is 2.22. The average Bonchev–Trinajstić information content (AvgIpc) is 2.53. The van der Waals surface area contributed by atoms with Gasteiger partial charge in [0.15, 0.2) is 0 Å². The van der Waals surface area contributed by atoms with Gasteiger partial charge in [0.25, 0.3) is 0 Å². The van der Waals surface area contributed by atoms with E-state index >= 15 is 0 Å². The Morgan fingerprint density at radius 2 is 1.92 bits per heavy atom. The molecule has 1 saturated carbocycles. The Hall–Kier alpha value is 0.310. The maximum absolute atomic E-state index is 3.65. The molecule has 0 aliphatic heterocycles. The summed E-state index contributed by atoms with van der Waals surface area (Å²) >= 11 is 1.95. The van der Waals surface area contributed by atoms with Gasteiger partial charge in [-0.15, -0.1) is 0 Å². The van der Waals surface area contributed by atoms with Gasteiger partial charge in [-0.2, -0.15) is 11.8 Å². The van der Waals surface area contributed by atoms with E-state index in [0.29, 0.717) is 4.75 Å². The molecular weight excluding hydrogens is 166 g/mol. The van der Waals surface area contributed by atoms with Crippen molar-refractivity contribution in [3.63, 3.8) is 0 Å². The summed E-state index contributed by atoms with van der Waals surface area (Å²) in [4.78, 5) is 0. The number of hydrogen-bond acceptors (Lipinski definition) is 2. The number of nitrogens with one attached hydrogen (secondary N) is 1. The third-order valence-electron chi connectivity index (χ3n) is 2.72. The van der Waals surface area contributed by atoms with Gasteiger partial charge in [-0.3, -0.25) is 0 Å². The summed E-state index contributed by atoms with van der Waals surface area (Å²) in [5.74, 6) is 0. The van der Waals surface area contributed by atoms with E-state index < -0.39 is 0 Å². The maximum atomic E-state index is 3.65. The Kier molecular flexibility index (Phi) is 3.91. The fourth-order valence-electron chi connectivity index (χ4n) is 1.59. The first-order chi connectivity index (χ1) is 5.64. The lowest BCUT2D eigenvalue weighted by Gasteiger charge is -2.24. The first kappa shape index (κ1) is 10.4. The fourth-order valence-corrected chi connectivity index (χ4v) is 1.82. The van der Waals surface area contributed by atoms with Crippen molar-refractivity contribution < 1.29 is 0 Å². The van der Waals surface area contributed by atoms with Gasteiger partial charge in [-0.05, 0) is 32.9 Å². The molecule has 12 heavy (non-hydrogen) atoms. The molecule has 0 heterocycles. The molecule has 1 fully saturated rings. The molecule has 0 aromatic rings. The lowest BCUT2D eigenvalue weighted by atomic mass is 10.2. The summed E-state index contributed by atoms with van der Waals surface area (Å²) in [6.07, 6.45) is 7.83. The van der Waals surface area contributed by atoms with Crippen LogP contribution in [0.1, 0.15) is 39.5 Å². The van der Waals surface area contributed by atoms with Crippen molar-refractivity contribution >= 4 is 11.8 Å². The second-order valence-electron chi connectivity index (χ2n) is 4.33. The van der Waals surface area contributed by atoms with Crippen LogP contribution in [0, 0.1) is 0 Å². The summed E-state index contributed by atoms with van der Waals surface area (Å²) in [5, 5.41) is 3.65. The molecule has 0 spiro atoms. The topological polar surface area (TPSA) is 12.0 Å². The van der Waals surface area contributed by atoms with Crippen LogP contribution in [0.15, 0.2) is 0 Å². The van der Waals surface area contributed by atoms with E-state index in [-0.39, 0.29) is 0 Å². The Labute approximate surface area is 80.7 Å². The van der Waals surface area contributed by atoms with Crippen LogP contribution in [0.5, 0.6) is 0 Å². The Morgan fingerprint density at radius 3 is 2.42 bits per heavy atom. The van der Waals surface area contributed by atoms with E-state index in [1.807, 2.05) is 11.8 Å². The van der Waals surface area contributed by atoms with Crippen LogP contribution in [0.2, 0.25) is 0 Å². The Balaban J connectivity index is 2.15. The van der Waals surface area contributed by atoms with E-state index in [9.17, 15) is 0 Å². The van der Waals surface area contributed by atoms with Crippen LogP contribution < -0.4 is 5.32 Å². The van der Waals surface area contributed by atoms with Gasteiger partial charge in [-0.25, -0.2) is 0 Å². The minimum atomic E-state index is 0.405. The van der Waals surface area contributed by atoms with Crippen LogP contribution in [0.3, 0.4) is 0 Å². The van der Waals surface area contributed by atoms with Crippen molar-refractivity contribution in [3.8, 4) is 0 Å². The molecule has 0 atom stereocenters. The van der Waals surface area contributed by atoms with Gasteiger partial charge in [0.1, 0.15) is 0 Å². The van der Waals surface area contributed by atoms with Crippen molar-refractivity contribution in [2.45, 2.75) is 50.3 Å². The van der Waals surface area contributed by atoms with E-state index in [0.717, 1.165) is 12.6 Å². The molecule has 0 bridgehead atoms. The first-order valence-electron chi connectivity index (χ1n) is 4.92. The number of thioether (sulfide) groups is 1. The molecular formula is C10H21NS. The average molecular weight is 187 g/mol. The SMILES string of the molecule is CSC(C)(C)CNC1CCCC1. The maximum Gasteiger partial charge on any atom is 0.0225 e. The normalized spacial score (nSPS) is 20.2. The van der Waals surface area contributed by atoms with Gasteiger partial charge in [0.2, 0.25) is 0 Å². The zero-order valence-corrected chi connectivity index (χ0v) is 9.34. The molecule has 1 nitrogen and oxygen atoms in total. The predicted octanol–water partition coefficient (Wildman–Crippen LogP) is 2.66. The lowest BCUT2D eigenvalue weighted by molar-refractivity contribution is 0.489. The molecule has 0 aromatic carbocycles. The van der Waals surface area contributed by atoms with Crippen LogP contribution in [-0.4, -0.2) is 23.6 Å². The highest BCUT2D eigenvalue weighted by atomic mass is 32.2. The van der Waals surface area contributed by atoms with Gasteiger partial charge in [0, 0.05) is 17.3 Å². The van der Waals surface area contributed by atoms with Crippen LogP contribution in [0.4, 0.5) is 0 Å². The quantitative estimate of drug-likeness (QED) is 0.726. The highest BCUT2D eigenvalue weighted by Gasteiger charge is 2.20. The second kappa shape index (κ2) is 4.52. The molecule has 72 valence electrons. The number of rotatable bonds is 4.